The summed E-state index contributed by atoms with van der Waals surface area (Å²) in [6, 6.07) is 4.15. The van der Waals surface area contributed by atoms with Gasteiger partial charge >= 0.3 is 0 Å². The highest BCUT2D eigenvalue weighted by Crippen LogP contribution is 2.47. The number of anilines is 1. The maximum absolute atomic E-state index is 9.30. The molecular weight excluding hydrogens is 284 g/mol. The highest BCUT2D eigenvalue weighted by Gasteiger charge is 2.29. The first-order valence-corrected chi connectivity index (χ1v) is 7.45. The molecule has 0 aromatic carbocycles. The average molecular weight is 296 g/mol. The molecule has 0 fully saturated rings. The van der Waals surface area contributed by atoms with E-state index in [0.29, 0.717) is 10.6 Å². The quantitative estimate of drug-likeness (QED) is 0.721. The van der Waals surface area contributed by atoms with Crippen molar-refractivity contribution in [2.45, 2.75) is 19.8 Å². The van der Waals surface area contributed by atoms with Crippen LogP contribution in [0.2, 0.25) is 0 Å². The van der Waals surface area contributed by atoms with Gasteiger partial charge in [-0.15, -0.1) is 11.3 Å². The molecule has 0 saturated heterocycles. The van der Waals surface area contributed by atoms with Gasteiger partial charge in [-0.1, -0.05) is 0 Å². The largest absolute Gasteiger partial charge is 0.469 e. The summed E-state index contributed by atoms with van der Waals surface area (Å²) in [6.45, 7) is 1.92. The van der Waals surface area contributed by atoms with E-state index in [1.54, 1.807) is 6.26 Å². The highest BCUT2D eigenvalue weighted by atomic mass is 32.1. The molecular formula is C15H12N4OS. The van der Waals surface area contributed by atoms with E-state index in [-0.39, 0.29) is 0 Å². The number of furan rings is 1. The number of nitrogens with two attached hydrogens (primary N) is 1. The SMILES string of the molecule is Cc1occc1-c1n[nH]c2c1-c1sc(N)c(C#N)c1CC2. The van der Waals surface area contributed by atoms with Crippen molar-refractivity contribution in [2.75, 3.05) is 5.73 Å². The molecule has 0 unspecified atom stereocenters. The van der Waals surface area contributed by atoms with Crippen molar-refractivity contribution in [3.63, 3.8) is 0 Å². The lowest BCUT2D eigenvalue weighted by Gasteiger charge is -2.12. The van der Waals surface area contributed by atoms with Crippen LogP contribution in [0.3, 0.4) is 0 Å². The molecule has 104 valence electrons. The molecule has 6 heteroatoms. The first-order valence-electron chi connectivity index (χ1n) is 6.64. The normalized spacial score (nSPS) is 12.8. The monoisotopic (exact) mass is 296 g/mol. The van der Waals surface area contributed by atoms with Gasteiger partial charge in [-0.3, -0.25) is 5.10 Å². The number of nitrogen functional groups attached to an aromatic ring is 1. The molecule has 3 aromatic rings. The number of thiophene rings is 1. The second kappa shape index (κ2) is 4.24. The smallest absolute Gasteiger partial charge is 0.110 e. The second-order valence-electron chi connectivity index (χ2n) is 5.08. The molecule has 1 aliphatic rings. The number of aryl methyl sites for hydroxylation is 2. The number of nitriles is 1. The summed E-state index contributed by atoms with van der Waals surface area (Å²) >= 11 is 1.47. The Balaban J connectivity index is 2.01. The summed E-state index contributed by atoms with van der Waals surface area (Å²) in [5.41, 5.74) is 11.7. The maximum Gasteiger partial charge on any atom is 0.110 e. The fourth-order valence-corrected chi connectivity index (χ4v) is 4.07. The molecule has 0 saturated carbocycles. The summed E-state index contributed by atoms with van der Waals surface area (Å²) in [6.07, 6.45) is 3.33. The van der Waals surface area contributed by atoms with Gasteiger partial charge in [0, 0.05) is 21.7 Å². The Morgan fingerprint density at radius 1 is 1.48 bits per heavy atom. The van der Waals surface area contributed by atoms with Crippen LogP contribution in [0.5, 0.6) is 0 Å². The van der Waals surface area contributed by atoms with E-state index in [0.717, 1.165) is 51.6 Å². The predicted molar refractivity (Wildman–Crippen MR) is 80.9 cm³/mol. The first kappa shape index (κ1) is 12.2. The van der Waals surface area contributed by atoms with Gasteiger partial charge in [-0.05, 0) is 31.4 Å². The van der Waals surface area contributed by atoms with Crippen LogP contribution in [-0.2, 0) is 12.8 Å². The van der Waals surface area contributed by atoms with E-state index in [2.05, 4.69) is 16.3 Å². The third-order valence-electron chi connectivity index (χ3n) is 3.95. The fraction of sp³-hybridized carbons (Fsp3) is 0.200. The summed E-state index contributed by atoms with van der Waals surface area (Å²) in [7, 11) is 0. The lowest BCUT2D eigenvalue weighted by atomic mass is 9.91. The van der Waals surface area contributed by atoms with Crippen LogP contribution in [0.15, 0.2) is 16.7 Å². The van der Waals surface area contributed by atoms with Gasteiger partial charge in [0.25, 0.3) is 0 Å². The molecule has 0 aliphatic heterocycles. The first-order chi connectivity index (χ1) is 10.2. The third-order valence-corrected chi connectivity index (χ3v) is 5.03. The molecule has 3 heterocycles. The Hall–Kier alpha value is -2.52. The van der Waals surface area contributed by atoms with Gasteiger partial charge in [0.15, 0.2) is 0 Å². The van der Waals surface area contributed by atoms with Gasteiger partial charge < -0.3 is 10.2 Å². The van der Waals surface area contributed by atoms with Gasteiger partial charge in [0.05, 0.1) is 11.8 Å². The van der Waals surface area contributed by atoms with Gasteiger partial charge in [0.1, 0.15) is 22.5 Å². The Morgan fingerprint density at radius 2 is 2.33 bits per heavy atom. The summed E-state index contributed by atoms with van der Waals surface area (Å²) < 4.78 is 5.39. The van der Waals surface area contributed by atoms with Crippen LogP contribution in [0.1, 0.15) is 22.6 Å². The van der Waals surface area contributed by atoms with Crippen molar-refractivity contribution in [1.29, 1.82) is 5.26 Å². The molecule has 0 bridgehead atoms. The van der Waals surface area contributed by atoms with E-state index < -0.39 is 0 Å². The van der Waals surface area contributed by atoms with Gasteiger partial charge in [0.2, 0.25) is 0 Å². The summed E-state index contributed by atoms with van der Waals surface area (Å²) in [5, 5.41) is 17.5. The van der Waals surface area contributed by atoms with E-state index in [9.17, 15) is 5.26 Å². The number of hydrogen-bond acceptors (Lipinski definition) is 5. The third kappa shape index (κ3) is 1.58. The van der Waals surface area contributed by atoms with E-state index in [4.69, 9.17) is 10.2 Å². The Kier molecular flexibility index (Phi) is 2.47. The second-order valence-corrected chi connectivity index (χ2v) is 6.13. The number of fused-ring (bicyclic) bond motifs is 3. The minimum absolute atomic E-state index is 0.589. The molecule has 5 nitrogen and oxygen atoms in total. The number of rotatable bonds is 1. The number of nitrogens with one attached hydrogen (secondary N) is 1. The molecule has 0 atom stereocenters. The molecule has 1 aliphatic carbocycles. The zero-order valence-electron chi connectivity index (χ0n) is 11.4. The van der Waals surface area contributed by atoms with Crippen LogP contribution in [0, 0.1) is 18.3 Å². The number of nitrogens with zero attached hydrogens (tertiary/aromatic N) is 2. The number of aromatic amines is 1. The zero-order chi connectivity index (χ0) is 14.6. The number of H-pyrrole nitrogens is 1. The van der Waals surface area contributed by atoms with E-state index in [1.165, 1.54) is 11.3 Å². The zero-order valence-corrected chi connectivity index (χ0v) is 12.2. The predicted octanol–water partition coefficient (Wildman–Crippen LogP) is 3.26. The minimum Gasteiger partial charge on any atom is -0.469 e. The van der Waals surface area contributed by atoms with E-state index in [1.807, 2.05) is 13.0 Å². The molecule has 4 rings (SSSR count). The van der Waals surface area contributed by atoms with Crippen LogP contribution < -0.4 is 5.73 Å². The number of hydrogen-bond donors (Lipinski definition) is 2. The average Bonchev–Trinajstić information content (AvgIpc) is 3.13. The van der Waals surface area contributed by atoms with E-state index >= 15 is 0 Å². The molecule has 21 heavy (non-hydrogen) atoms. The Bertz CT molecular complexity index is 894. The summed E-state index contributed by atoms with van der Waals surface area (Å²) in [5.74, 6) is 0.835. The van der Waals surface area contributed by atoms with Crippen molar-refractivity contribution in [3.05, 3.63) is 34.9 Å². The standard InChI is InChI=1S/C15H12N4OS/c1-7-8(4-5-20-7)13-12-11(18-19-13)3-2-9-10(6-16)15(17)21-14(9)12/h4-5H,2-3,17H2,1H3,(H,18,19). The molecule has 0 spiro atoms. The van der Waals surface area contributed by atoms with Crippen molar-refractivity contribution in [1.82, 2.24) is 10.2 Å². The summed E-state index contributed by atoms with van der Waals surface area (Å²) in [4.78, 5) is 1.06. The molecule has 0 amide bonds. The topological polar surface area (TPSA) is 91.6 Å². The minimum atomic E-state index is 0.589. The number of aromatic nitrogens is 2. The Labute approximate surface area is 125 Å². The van der Waals surface area contributed by atoms with Crippen LogP contribution >= 0.6 is 11.3 Å². The van der Waals surface area contributed by atoms with Crippen LogP contribution in [0.25, 0.3) is 21.7 Å². The maximum atomic E-state index is 9.30. The lowest BCUT2D eigenvalue weighted by molar-refractivity contribution is 0.535. The van der Waals surface area contributed by atoms with Crippen molar-refractivity contribution in [3.8, 4) is 27.8 Å². The molecule has 3 aromatic heterocycles. The van der Waals surface area contributed by atoms with Crippen LogP contribution in [0.4, 0.5) is 5.00 Å². The molecule has 3 N–H and O–H groups in total. The van der Waals surface area contributed by atoms with Crippen molar-refractivity contribution < 1.29 is 4.42 Å². The van der Waals surface area contributed by atoms with Gasteiger partial charge in [-0.25, -0.2) is 0 Å². The molecule has 0 radical (unpaired) electrons. The highest BCUT2D eigenvalue weighted by molar-refractivity contribution is 7.19. The van der Waals surface area contributed by atoms with Crippen LogP contribution in [-0.4, -0.2) is 10.2 Å². The van der Waals surface area contributed by atoms with Gasteiger partial charge in [-0.2, -0.15) is 10.4 Å². The van der Waals surface area contributed by atoms with Crippen molar-refractivity contribution >= 4 is 16.3 Å². The lowest BCUT2D eigenvalue weighted by Crippen LogP contribution is -2.02. The van der Waals surface area contributed by atoms with Crippen molar-refractivity contribution in [2.24, 2.45) is 0 Å². The fourth-order valence-electron chi connectivity index (χ4n) is 2.93. The Morgan fingerprint density at radius 3 is 3.05 bits per heavy atom.